The van der Waals surface area contributed by atoms with Crippen LogP contribution in [0.4, 0.5) is 13.2 Å². The third kappa shape index (κ3) is 6.81. The Balaban J connectivity index is 1.82. The molecule has 0 aliphatic carbocycles. The highest BCUT2D eigenvalue weighted by molar-refractivity contribution is 7.91. The van der Waals surface area contributed by atoms with Gasteiger partial charge in [0, 0.05) is 30.7 Å². The Morgan fingerprint density at radius 3 is 2.39 bits per heavy atom. The fraction of sp³-hybridized carbons (Fsp3) is 0.417. The van der Waals surface area contributed by atoms with E-state index in [1.54, 1.807) is 4.90 Å². The van der Waals surface area contributed by atoms with Gasteiger partial charge in [-0.3, -0.25) is 14.3 Å². The lowest BCUT2D eigenvalue weighted by molar-refractivity contribution is -0.138. The van der Waals surface area contributed by atoms with Crippen LogP contribution in [0.15, 0.2) is 38.8 Å². The first-order chi connectivity index (χ1) is 18.9. The maximum Gasteiger partial charge on any atom is 0.416 e. The summed E-state index contributed by atoms with van der Waals surface area (Å²) in [6.45, 7) is 0.907. The molecule has 1 aliphatic heterocycles. The number of halogens is 5. The van der Waals surface area contributed by atoms with E-state index in [0.717, 1.165) is 6.26 Å². The summed E-state index contributed by atoms with van der Waals surface area (Å²) >= 11 is 12.4. The van der Waals surface area contributed by atoms with Gasteiger partial charge in [0.1, 0.15) is 0 Å². The Kier molecular flexibility index (Phi) is 8.71. The zero-order chi connectivity index (χ0) is 30.5. The summed E-state index contributed by atoms with van der Waals surface area (Å²) in [4.78, 5) is 30.2. The maximum atomic E-state index is 14.2. The lowest BCUT2D eigenvalue weighted by Crippen LogP contribution is -2.37. The van der Waals surface area contributed by atoms with Crippen LogP contribution in [0.25, 0.3) is 10.9 Å². The molecule has 0 spiro atoms. The average Bonchev–Trinajstić information content (AvgIpc) is 3.28. The van der Waals surface area contributed by atoms with E-state index < -0.39 is 65.8 Å². The highest BCUT2D eigenvalue weighted by Gasteiger charge is 2.37. The average molecular weight is 658 g/mol. The molecular formula is C24H25Cl2F3N4O6S2. The first-order valence-electron chi connectivity index (χ1n) is 12.2. The van der Waals surface area contributed by atoms with Gasteiger partial charge in [-0.15, -0.1) is 0 Å². The molecule has 4 rings (SSSR count). The van der Waals surface area contributed by atoms with Crippen LogP contribution in [0.2, 0.25) is 10.0 Å². The predicted molar refractivity (Wildman–Crippen MR) is 149 cm³/mol. The van der Waals surface area contributed by atoms with Crippen LogP contribution < -0.4 is 16.0 Å². The van der Waals surface area contributed by atoms with Gasteiger partial charge in [0.2, 0.25) is 10.0 Å². The standard InChI is InChI=1S/C24H25Cl2F3N4O6S2/c1-3-41(38,39)19-5-4-14(25)8-13(19)10-33-22(34)16-9-18(24(27,28)29)17(20(26)21(16)30-23(33)35)12-32-7-6-15(11-32)31-40(2,36)37/h4-5,8-9,15,31H,3,6-7,10-12H2,1-2H3,(H,30,35)/t15-/m0/s1. The van der Waals surface area contributed by atoms with Gasteiger partial charge in [-0.05, 0) is 41.8 Å². The molecule has 2 aromatic carbocycles. The van der Waals surface area contributed by atoms with Crippen LogP contribution >= 0.6 is 23.2 Å². The molecule has 1 fully saturated rings. The molecule has 3 aromatic rings. The van der Waals surface area contributed by atoms with Crippen molar-refractivity contribution in [2.45, 2.75) is 43.5 Å². The second-order valence-corrected chi connectivity index (χ2v) is 14.6. The second-order valence-electron chi connectivity index (χ2n) is 9.72. The maximum absolute atomic E-state index is 14.2. The number of H-pyrrole nitrogens is 1. The number of aromatic amines is 1. The van der Waals surface area contributed by atoms with E-state index in [-0.39, 0.29) is 51.9 Å². The Bertz CT molecular complexity index is 1860. The summed E-state index contributed by atoms with van der Waals surface area (Å²) in [6.07, 6.45) is -3.59. The second kappa shape index (κ2) is 11.3. The third-order valence-electron chi connectivity index (χ3n) is 6.73. The Hall–Kier alpha value is -2.43. The normalized spacial score (nSPS) is 17.0. The minimum atomic E-state index is -4.93. The highest BCUT2D eigenvalue weighted by Crippen LogP contribution is 2.39. The van der Waals surface area contributed by atoms with Crippen molar-refractivity contribution in [2.75, 3.05) is 25.1 Å². The van der Waals surface area contributed by atoms with Crippen molar-refractivity contribution in [3.8, 4) is 0 Å². The van der Waals surface area contributed by atoms with E-state index in [1.165, 1.54) is 25.1 Å². The quantitative estimate of drug-likeness (QED) is 0.380. The zero-order valence-electron chi connectivity index (χ0n) is 21.7. The van der Waals surface area contributed by atoms with Crippen LogP contribution in [0, 0.1) is 0 Å². The molecule has 0 amide bonds. The number of hydrogen-bond donors (Lipinski definition) is 2. The van der Waals surface area contributed by atoms with E-state index in [2.05, 4.69) is 9.71 Å². The molecule has 0 bridgehead atoms. The van der Waals surface area contributed by atoms with E-state index in [9.17, 15) is 39.6 Å². The number of benzene rings is 2. The molecule has 224 valence electrons. The summed E-state index contributed by atoms with van der Waals surface area (Å²) in [7, 11) is -7.32. The number of alkyl halides is 3. The molecular weight excluding hydrogens is 632 g/mol. The van der Waals surface area contributed by atoms with E-state index >= 15 is 0 Å². The van der Waals surface area contributed by atoms with Gasteiger partial charge < -0.3 is 4.98 Å². The van der Waals surface area contributed by atoms with Gasteiger partial charge in [0.05, 0.1) is 44.9 Å². The van der Waals surface area contributed by atoms with Gasteiger partial charge in [0.25, 0.3) is 5.56 Å². The van der Waals surface area contributed by atoms with Crippen molar-refractivity contribution >= 4 is 54.0 Å². The smallest absolute Gasteiger partial charge is 0.305 e. The van der Waals surface area contributed by atoms with E-state index in [1.807, 2.05) is 0 Å². The summed E-state index contributed by atoms with van der Waals surface area (Å²) in [5.74, 6) is -0.278. The lowest BCUT2D eigenvalue weighted by Gasteiger charge is -2.22. The predicted octanol–water partition coefficient (Wildman–Crippen LogP) is 2.98. The first-order valence-corrected chi connectivity index (χ1v) is 16.5. The molecule has 17 heteroatoms. The molecule has 1 aromatic heterocycles. The zero-order valence-corrected chi connectivity index (χ0v) is 24.8. The number of rotatable bonds is 8. The fourth-order valence-electron chi connectivity index (χ4n) is 4.84. The highest BCUT2D eigenvalue weighted by atomic mass is 35.5. The molecule has 1 aliphatic rings. The molecule has 2 heterocycles. The Labute approximate surface area is 243 Å². The summed E-state index contributed by atoms with van der Waals surface area (Å²) in [6, 6.07) is 3.93. The minimum absolute atomic E-state index is 0.0105. The van der Waals surface area contributed by atoms with Crippen molar-refractivity contribution < 1.29 is 30.0 Å². The number of aromatic nitrogens is 2. The van der Waals surface area contributed by atoms with Gasteiger partial charge >= 0.3 is 11.9 Å². The first kappa shape index (κ1) is 31.5. The van der Waals surface area contributed by atoms with Crippen molar-refractivity contribution in [2.24, 2.45) is 0 Å². The van der Waals surface area contributed by atoms with Crippen LogP contribution in [-0.4, -0.2) is 62.4 Å². The summed E-state index contributed by atoms with van der Waals surface area (Å²) in [5.41, 5.74) is -4.00. The lowest BCUT2D eigenvalue weighted by atomic mass is 10.0. The number of sulfone groups is 1. The van der Waals surface area contributed by atoms with Crippen molar-refractivity contribution in [1.82, 2.24) is 19.2 Å². The number of likely N-dealkylation sites (tertiary alicyclic amines) is 1. The number of fused-ring (bicyclic) bond motifs is 1. The molecule has 1 atom stereocenters. The number of sulfonamides is 1. The van der Waals surface area contributed by atoms with E-state index in [4.69, 9.17) is 23.2 Å². The third-order valence-corrected chi connectivity index (χ3v) is 9.97. The van der Waals surface area contributed by atoms with Gasteiger partial charge in [-0.1, -0.05) is 30.1 Å². The van der Waals surface area contributed by atoms with Crippen LogP contribution in [0.3, 0.4) is 0 Å². The SMILES string of the molecule is CCS(=O)(=O)c1ccc(Cl)cc1Cn1c(=O)[nH]c2c(Cl)c(CN3CC[C@H](NS(C)(=O)=O)C3)c(C(F)(F)F)cc2c1=O. The molecule has 2 N–H and O–H groups in total. The number of hydrogen-bond acceptors (Lipinski definition) is 7. The van der Waals surface area contributed by atoms with Gasteiger partial charge in [-0.2, -0.15) is 13.2 Å². The Morgan fingerprint density at radius 2 is 1.78 bits per heavy atom. The van der Waals surface area contributed by atoms with E-state index in [0.29, 0.717) is 17.1 Å². The van der Waals surface area contributed by atoms with Crippen molar-refractivity contribution in [3.05, 3.63) is 71.8 Å². The van der Waals surface area contributed by atoms with Gasteiger partial charge in [-0.25, -0.2) is 26.4 Å². The van der Waals surface area contributed by atoms with Gasteiger partial charge in [0.15, 0.2) is 9.84 Å². The number of nitrogens with zero attached hydrogens (tertiary/aromatic N) is 2. The molecule has 0 unspecified atom stereocenters. The van der Waals surface area contributed by atoms with Crippen LogP contribution in [0.1, 0.15) is 30.0 Å². The molecule has 1 saturated heterocycles. The largest absolute Gasteiger partial charge is 0.416 e. The van der Waals surface area contributed by atoms with Crippen molar-refractivity contribution in [3.63, 3.8) is 0 Å². The Morgan fingerprint density at radius 1 is 1.10 bits per heavy atom. The summed E-state index contributed by atoms with van der Waals surface area (Å²) in [5, 5.41) is -0.874. The molecule has 0 radical (unpaired) electrons. The monoisotopic (exact) mass is 656 g/mol. The molecule has 41 heavy (non-hydrogen) atoms. The fourth-order valence-corrected chi connectivity index (χ4v) is 7.26. The van der Waals surface area contributed by atoms with Crippen molar-refractivity contribution in [1.29, 1.82) is 0 Å². The topological polar surface area (TPSA) is 138 Å². The minimum Gasteiger partial charge on any atom is -0.305 e. The molecule has 0 saturated carbocycles. The molecule has 10 nitrogen and oxygen atoms in total. The van der Waals surface area contributed by atoms with Crippen LogP contribution in [-0.2, 0) is 39.1 Å². The summed E-state index contributed by atoms with van der Waals surface area (Å²) < 4.78 is 93.9. The number of nitrogens with one attached hydrogen (secondary N) is 2. The van der Waals surface area contributed by atoms with Crippen LogP contribution in [0.5, 0.6) is 0 Å².